The van der Waals surface area contributed by atoms with Gasteiger partial charge in [-0.15, -0.1) is 0 Å². The smallest absolute Gasteiger partial charge is 0.127 e. The Morgan fingerprint density at radius 1 is 1.10 bits per heavy atom. The topological polar surface area (TPSA) is 41.9 Å². The Balaban J connectivity index is 1.78. The Kier molecular flexibility index (Phi) is 5.79. The number of nitrogens with zero attached hydrogens (tertiary/aromatic N) is 1. The van der Waals surface area contributed by atoms with Gasteiger partial charge >= 0.3 is 0 Å². The summed E-state index contributed by atoms with van der Waals surface area (Å²) in [5.41, 5.74) is 1.01. The van der Waals surface area contributed by atoms with Crippen LogP contribution in [0.1, 0.15) is 49.3 Å². The number of ether oxygens (including phenoxy) is 2. The number of methoxy groups -OCH3 is 2. The first-order chi connectivity index (χ1) is 14.1. The Morgan fingerprint density at radius 3 is 2.69 bits per heavy atom. The zero-order valence-electron chi connectivity index (χ0n) is 17.2. The lowest BCUT2D eigenvalue weighted by atomic mass is 9.66. The van der Waals surface area contributed by atoms with Gasteiger partial charge < -0.3 is 14.6 Å². The molecule has 2 fully saturated rings. The highest BCUT2D eigenvalue weighted by molar-refractivity contribution is 5.43. The lowest BCUT2D eigenvalue weighted by molar-refractivity contribution is -0.126. The molecule has 4 nitrogen and oxygen atoms in total. The van der Waals surface area contributed by atoms with Gasteiger partial charge in [-0.1, -0.05) is 31.0 Å². The van der Waals surface area contributed by atoms with E-state index in [2.05, 4.69) is 4.90 Å². The molecule has 29 heavy (non-hydrogen) atoms. The summed E-state index contributed by atoms with van der Waals surface area (Å²) in [4.78, 5) is 2.31. The van der Waals surface area contributed by atoms with Gasteiger partial charge in [0.25, 0.3) is 0 Å². The lowest BCUT2D eigenvalue weighted by Gasteiger charge is -2.53. The van der Waals surface area contributed by atoms with Crippen LogP contribution in [0.15, 0.2) is 42.5 Å². The zero-order valence-corrected chi connectivity index (χ0v) is 17.2. The molecular weight excluding hydrogens is 369 g/mol. The van der Waals surface area contributed by atoms with Crippen LogP contribution in [-0.4, -0.2) is 36.4 Å². The summed E-state index contributed by atoms with van der Waals surface area (Å²) in [5, 5.41) is 11.5. The molecule has 0 unspecified atom stereocenters. The molecular formula is C24H30FNO3. The van der Waals surface area contributed by atoms with E-state index in [1.165, 1.54) is 6.07 Å². The van der Waals surface area contributed by atoms with Crippen molar-refractivity contribution in [3.63, 3.8) is 0 Å². The Hall–Kier alpha value is -2.11. The summed E-state index contributed by atoms with van der Waals surface area (Å²) in [6.07, 6.45) is 4.66. The summed E-state index contributed by atoms with van der Waals surface area (Å²) >= 11 is 0. The molecule has 5 heteroatoms. The van der Waals surface area contributed by atoms with E-state index in [-0.39, 0.29) is 17.8 Å². The number of hydrogen-bond donors (Lipinski definition) is 1. The molecule has 2 aliphatic rings. The van der Waals surface area contributed by atoms with Crippen LogP contribution in [0.5, 0.6) is 11.5 Å². The quantitative estimate of drug-likeness (QED) is 0.791. The van der Waals surface area contributed by atoms with Crippen molar-refractivity contribution in [3.05, 3.63) is 59.4 Å². The van der Waals surface area contributed by atoms with Crippen LogP contribution < -0.4 is 9.47 Å². The average Bonchev–Trinajstić information content (AvgIpc) is 2.74. The first kappa shape index (κ1) is 20.2. The minimum atomic E-state index is -0.678. The molecule has 1 N–H and O–H groups in total. The normalized spacial score (nSPS) is 27.3. The summed E-state index contributed by atoms with van der Waals surface area (Å²) in [6, 6.07) is 12.7. The van der Waals surface area contributed by atoms with Crippen molar-refractivity contribution in [2.24, 2.45) is 5.92 Å². The number of piperidine rings is 1. The highest BCUT2D eigenvalue weighted by atomic mass is 19.1. The summed E-state index contributed by atoms with van der Waals surface area (Å²) in [6.45, 7) is 1.22. The molecule has 1 aliphatic heterocycles. The second kappa shape index (κ2) is 8.33. The van der Waals surface area contributed by atoms with Crippen LogP contribution in [0, 0.1) is 11.7 Å². The summed E-state index contributed by atoms with van der Waals surface area (Å²) < 4.78 is 25.6. The molecule has 0 aromatic heterocycles. The lowest BCUT2D eigenvalue weighted by Crippen LogP contribution is -2.54. The van der Waals surface area contributed by atoms with Gasteiger partial charge in [-0.2, -0.15) is 0 Å². The molecule has 2 aromatic carbocycles. The van der Waals surface area contributed by atoms with Gasteiger partial charge in [0.15, 0.2) is 0 Å². The fourth-order valence-corrected chi connectivity index (χ4v) is 5.25. The summed E-state index contributed by atoms with van der Waals surface area (Å²) in [5.74, 6) is 1.44. The minimum absolute atomic E-state index is 0.0568. The molecule has 2 aromatic rings. The van der Waals surface area contributed by atoms with Gasteiger partial charge in [-0.05, 0) is 43.5 Å². The number of likely N-dealkylation sites (tertiary alicyclic amines) is 1. The molecule has 1 aliphatic carbocycles. The number of benzene rings is 2. The highest BCUT2D eigenvalue weighted by Crippen LogP contribution is 2.51. The van der Waals surface area contributed by atoms with Crippen LogP contribution >= 0.6 is 0 Å². The van der Waals surface area contributed by atoms with Crippen molar-refractivity contribution < 1.29 is 19.0 Å². The van der Waals surface area contributed by atoms with Gasteiger partial charge in [0, 0.05) is 36.2 Å². The van der Waals surface area contributed by atoms with E-state index in [0.29, 0.717) is 18.7 Å². The highest BCUT2D eigenvalue weighted by Gasteiger charge is 2.49. The van der Waals surface area contributed by atoms with E-state index >= 15 is 0 Å². The monoisotopic (exact) mass is 399 g/mol. The number of hydrogen-bond acceptors (Lipinski definition) is 4. The second-order valence-corrected chi connectivity index (χ2v) is 8.32. The third-order valence-electron chi connectivity index (χ3n) is 6.76. The maximum Gasteiger partial charge on any atom is 0.127 e. The van der Waals surface area contributed by atoms with Crippen molar-refractivity contribution in [1.82, 2.24) is 4.90 Å². The van der Waals surface area contributed by atoms with Crippen LogP contribution in [0.2, 0.25) is 0 Å². The standard InChI is InChI=1S/C24H30FNO3/c1-28-18-10-11-22(29-2)19(15-18)23-20-8-5-6-12-24(20,27)13-14-26(23)16-17-7-3-4-9-21(17)25/h3-4,7,9-11,15,20,23,27H,5-6,8,12-14,16H2,1-2H3/t20-,23+,24+/m0/s1. The van der Waals surface area contributed by atoms with Crippen LogP contribution in [0.3, 0.4) is 0 Å². The molecule has 0 bridgehead atoms. The minimum Gasteiger partial charge on any atom is -0.497 e. The Labute approximate surface area is 172 Å². The van der Waals surface area contributed by atoms with Crippen LogP contribution in [0.4, 0.5) is 4.39 Å². The Morgan fingerprint density at radius 2 is 1.93 bits per heavy atom. The largest absolute Gasteiger partial charge is 0.497 e. The van der Waals surface area contributed by atoms with Gasteiger partial charge in [-0.25, -0.2) is 4.39 Å². The van der Waals surface area contributed by atoms with Gasteiger partial charge in [0.05, 0.1) is 19.8 Å². The maximum atomic E-state index is 14.4. The molecule has 1 heterocycles. The predicted molar refractivity (Wildman–Crippen MR) is 111 cm³/mol. The summed E-state index contributed by atoms with van der Waals surface area (Å²) in [7, 11) is 3.32. The molecule has 1 saturated heterocycles. The van der Waals surface area contributed by atoms with Crippen molar-refractivity contribution >= 4 is 0 Å². The molecule has 0 radical (unpaired) electrons. The van der Waals surface area contributed by atoms with Crippen LogP contribution in [-0.2, 0) is 6.54 Å². The van der Waals surface area contributed by atoms with E-state index in [1.54, 1.807) is 20.3 Å². The fraction of sp³-hybridized carbons (Fsp3) is 0.500. The number of halogens is 1. The first-order valence-electron chi connectivity index (χ1n) is 10.5. The number of aliphatic hydroxyl groups is 1. The number of rotatable bonds is 5. The third kappa shape index (κ3) is 3.86. The van der Waals surface area contributed by atoms with Crippen molar-refractivity contribution in [3.8, 4) is 11.5 Å². The van der Waals surface area contributed by atoms with Gasteiger partial charge in [-0.3, -0.25) is 4.90 Å². The maximum absolute atomic E-state index is 14.4. The van der Waals surface area contributed by atoms with Gasteiger partial charge in [0.1, 0.15) is 17.3 Å². The molecule has 1 saturated carbocycles. The average molecular weight is 400 g/mol. The van der Waals surface area contributed by atoms with E-state index in [9.17, 15) is 9.50 Å². The van der Waals surface area contributed by atoms with Crippen molar-refractivity contribution in [1.29, 1.82) is 0 Å². The fourth-order valence-electron chi connectivity index (χ4n) is 5.25. The third-order valence-corrected chi connectivity index (χ3v) is 6.76. The SMILES string of the molecule is COc1ccc(OC)c([C@@H]2[C@@H]3CCCC[C@@]3(O)CCN2Cc2ccccc2F)c1. The zero-order chi connectivity index (χ0) is 20.4. The predicted octanol–water partition coefficient (Wildman–Crippen LogP) is 4.71. The Bertz CT molecular complexity index is 858. The van der Waals surface area contributed by atoms with E-state index < -0.39 is 5.60 Å². The second-order valence-electron chi connectivity index (χ2n) is 8.32. The van der Waals surface area contributed by atoms with Gasteiger partial charge in [0.2, 0.25) is 0 Å². The van der Waals surface area contributed by atoms with E-state index in [4.69, 9.17) is 9.47 Å². The molecule has 0 amide bonds. The van der Waals surface area contributed by atoms with E-state index in [1.807, 2.05) is 30.3 Å². The molecule has 4 rings (SSSR count). The first-order valence-corrected chi connectivity index (χ1v) is 10.5. The van der Waals surface area contributed by atoms with E-state index in [0.717, 1.165) is 49.2 Å². The van der Waals surface area contributed by atoms with Crippen molar-refractivity contribution in [2.75, 3.05) is 20.8 Å². The van der Waals surface area contributed by atoms with Crippen molar-refractivity contribution in [2.45, 2.75) is 50.3 Å². The molecule has 0 spiro atoms. The molecule has 156 valence electrons. The van der Waals surface area contributed by atoms with Crippen LogP contribution in [0.25, 0.3) is 0 Å². The molecule has 3 atom stereocenters. The number of fused-ring (bicyclic) bond motifs is 1.